The first-order valence-corrected chi connectivity index (χ1v) is 5.16. The summed E-state index contributed by atoms with van der Waals surface area (Å²) in [6.07, 6.45) is -0.488. The molecule has 56 valence electrons. The first-order valence-electron chi connectivity index (χ1n) is 2.24. The second kappa shape index (κ2) is 4.41. The Balaban J connectivity index is 3.18. The van der Waals surface area contributed by atoms with Crippen LogP contribution in [-0.4, -0.2) is 28.1 Å². The van der Waals surface area contributed by atoms with E-state index in [4.69, 9.17) is 9.79 Å². The van der Waals surface area contributed by atoms with Crippen molar-refractivity contribution in [3.05, 3.63) is 0 Å². The van der Waals surface area contributed by atoms with Gasteiger partial charge in [0.1, 0.15) is 6.35 Å². The maximum atomic E-state index is 10.1. The van der Waals surface area contributed by atoms with Gasteiger partial charge >= 0.3 is 7.60 Å². The summed E-state index contributed by atoms with van der Waals surface area (Å²) in [7, 11) is -3.94. The zero-order valence-corrected chi connectivity index (χ0v) is 7.14. The summed E-state index contributed by atoms with van der Waals surface area (Å²) in [5.41, 5.74) is 0. The van der Waals surface area contributed by atoms with Crippen molar-refractivity contribution in [1.82, 2.24) is 0 Å². The van der Waals surface area contributed by atoms with Crippen molar-refractivity contribution in [3.8, 4) is 0 Å². The zero-order chi connectivity index (χ0) is 7.33. The predicted molar refractivity (Wildman–Crippen MR) is 36.7 cm³/mol. The highest BCUT2D eigenvalue weighted by atomic mass is 79.9. The van der Waals surface area contributed by atoms with Crippen LogP contribution in [0.4, 0.5) is 0 Å². The lowest BCUT2D eigenvalue weighted by Crippen LogP contribution is -1.97. The second-order valence-corrected chi connectivity index (χ2v) is 3.77. The fourth-order valence-electron chi connectivity index (χ4n) is 0.238. The van der Waals surface area contributed by atoms with Crippen molar-refractivity contribution < 1.29 is 19.1 Å². The molecule has 0 aliphatic carbocycles. The molecule has 0 aliphatic rings. The number of alkyl halides is 1. The normalized spacial score (nSPS) is 11.9. The Bertz CT molecular complexity index is 110. The molecule has 0 saturated carbocycles. The molecule has 0 rings (SSSR count). The van der Waals surface area contributed by atoms with Crippen LogP contribution in [0.15, 0.2) is 0 Å². The summed E-state index contributed by atoms with van der Waals surface area (Å²) in [6.45, 7) is 0.325. The van der Waals surface area contributed by atoms with E-state index >= 15 is 0 Å². The Kier molecular flexibility index (Phi) is 4.70. The van der Waals surface area contributed by atoms with E-state index in [2.05, 4.69) is 20.7 Å². The highest BCUT2D eigenvalue weighted by molar-refractivity contribution is 9.09. The van der Waals surface area contributed by atoms with Crippen LogP contribution in [0.5, 0.6) is 0 Å². The van der Waals surface area contributed by atoms with Crippen LogP contribution in [0.25, 0.3) is 0 Å². The van der Waals surface area contributed by atoms with Gasteiger partial charge in [-0.3, -0.25) is 4.57 Å². The zero-order valence-electron chi connectivity index (χ0n) is 4.66. The summed E-state index contributed by atoms with van der Waals surface area (Å²) in [5.74, 6) is 0. The quantitative estimate of drug-likeness (QED) is 0.411. The molecule has 2 N–H and O–H groups in total. The highest BCUT2D eigenvalue weighted by Gasteiger charge is 2.11. The maximum Gasteiger partial charge on any atom is 0.350 e. The van der Waals surface area contributed by atoms with Crippen molar-refractivity contribution >= 4 is 23.5 Å². The molecule has 0 amide bonds. The Hall–Kier alpha value is 0.590. The smallest absolute Gasteiger partial charge is 0.350 e. The van der Waals surface area contributed by atoms with E-state index in [0.717, 1.165) is 0 Å². The largest absolute Gasteiger partial charge is 0.368 e. The lowest BCUT2D eigenvalue weighted by atomic mass is 10.9. The van der Waals surface area contributed by atoms with Crippen LogP contribution in [0.2, 0.25) is 0 Å². The number of rotatable bonds is 4. The van der Waals surface area contributed by atoms with Gasteiger partial charge in [-0.1, -0.05) is 15.9 Å². The molecule has 6 heteroatoms. The fraction of sp³-hybridized carbons (Fsp3) is 1.00. The molecular formula is C3H8BrO4P. The van der Waals surface area contributed by atoms with E-state index in [1.807, 2.05) is 0 Å². The molecular weight excluding hydrogens is 211 g/mol. The van der Waals surface area contributed by atoms with Gasteiger partial charge in [0.15, 0.2) is 0 Å². The molecule has 0 bridgehead atoms. The van der Waals surface area contributed by atoms with E-state index in [1.165, 1.54) is 0 Å². The summed E-state index contributed by atoms with van der Waals surface area (Å²) < 4.78 is 14.6. The molecule has 0 spiro atoms. The third-order valence-electron chi connectivity index (χ3n) is 0.481. The van der Waals surface area contributed by atoms with Gasteiger partial charge in [0, 0.05) is 5.33 Å². The monoisotopic (exact) mass is 218 g/mol. The Labute approximate surface area is 61.5 Å². The molecule has 0 fully saturated rings. The Morgan fingerprint density at radius 1 is 1.56 bits per heavy atom. The maximum absolute atomic E-state index is 10.1. The third kappa shape index (κ3) is 8.59. The van der Waals surface area contributed by atoms with E-state index in [0.29, 0.717) is 11.9 Å². The number of hydrogen-bond acceptors (Lipinski definition) is 2. The van der Waals surface area contributed by atoms with Crippen LogP contribution < -0.4 is 0 Å². The second-order valence-electron chi connectivity index (χ2n) is 1.39. The van der Waals surface area contributed by atoms with Crippen molar-refractivity contribution in [1.29, 1.82) is 0 Å². The van der Waals surface area contributed by atoms with Gasteiger partial charge in [0.25, 0.3) is 0 Å². The average Bonchev–Trinajstić information content (AvgIpc) is 1.63. The summed E-state index contributed by atoms with van der Waals surface area (Å²) >= 11 is 3.04. The van der Waals surface area contributed by atoms with Crippen molar-refractivity contribution in [2.75, 3.05) is 18.3 Å². The van der Waals surface area contributed by atoms with Gasteiger partial charge in [-0.15, -0.1) is 0 Å². The van der Waals surface area contributed by atoms with Crippen molar-refractivity contribution in [2.24, 2.45) is 0 Å². The van der Waals surface area contributed by atoms with E-state index < -0.39 is 13.9 Å². The van der Waals surface area contributed by atoms with E-state index in [-0.39, 0.29) is 0 Å². The lowest BCUT2D eigenvalue weighted by molar-refractivity contribution is 0.173. The van der Waals surface area contributed by atoms with Crippen LogP contribution in [0.1, 0.15) is 0 Å². The SMILES string of the molecule is O=P(O)(O)COCCBr. The third-order valence-corrected chi connectivity index (χ3v) is 1.32. The summed E-state index contributed by atoms with van der Waals surface area (Å²) in [4.78, 5) is 16.4. The molecule has 0 aromatic heterocycles. The van der Waals surface area contributed by atoms with Crippen molar-refractivity contribution in [3.63, 3.8) is 0 Å². The van der Waals surface area contributed by atoms with Crippen molar-refractivity contribution in [2.45, 2.75) is 0 Å². The van der Waals surface area contributed by atoms with Gasteiger partial charge in [-0.25, -0.2) is 0 Å². The standard InChI is InChI=1S/C3H8BrO4P/c4-1-2-8-3-9(5,6)7/h1-3H2,(H2,5,6,7). The van der Waals surface area contributed by atoms with E-state index in [1.54, 1.807) is 0 Å². The minimum atomic E-state index is -3.94. The molecule has 0 saturated heterocycles. The molecule has 4 nitrogen and oxygen atoms in total. The number of hydrogen-bond donors (Lipinski definition) is 2. The summed E-state index contributed by atoms with van der Waals surface area (Å²) in [5, 5.41) is 0.590. The Morgan fingerprint density at radius 3 is 2.44 bits per heavy atom. The van der Waals surface area contributed by atoms with Crippen LogP contribution >= 0.6 is 23.5 Å². The molecule has 0 heterocycles. The van der Waals surface area contributed by atoms with Gasteiger partial charge in [-0.05, 0) is 0 Å². The van der Waals surface area contributed by atoms with Gasteiger partial charge < -0.3 is 14.5 Å². The van der Waals surface area contributed by atoms with E-state index in [9.17, 15) is 4.57 Å². The first-order chi connectivity index (χ1) is 4.06. The van der Waals surface area contributed by atoms with Crippen LogP contribution in [0, 0.1) is 0 Å². The van der Waals surface area contributed by atoms with Gasteiger partial charge in [0.05, 0.1) is 6.61 Å². The first kappa shape index (κ1) is 9.59. The average molecular weight is 219 g/mol. The predicted octanol–water partition coefficient (Wildman–Crippen LogP) is 0.533. The summed E-state index contributed by atoms with van der Waals surface area (Å²) in [6, 6.07) is 0. The fourth-order valence-corrected chi connectivity index (χ4v) is 0.834. The topological polar surface area (TPSA) is 66.8 Å². The van der Waals surface area contributed by atoms with Crippen LogP contribution in [0.3, 0.4) is 0 Å². The molecule has 0 aliphatic heterocycles. The minimum Gasteiger partial charge on any atom is -0.368 e. The molecule has 0 aromatic rings. The lowest BCUT2D eigenvalue weighted by Gasteiger charge is -2.02. The molecule has 0 unspecified atom stereocenters. The Morgan fingerprint density at radius 2 is 2.11 bits per heavy atom. The number of halogens is 1. The highest BCUT2D eigenvalue weighted by Crippen LogP contribution is 2.33. The van der Waals surface area contributed by atoms with Gasteiger partial charge in [0.2, 0.25) is 0 Å². The molecule has 0 atom stereocenters. The molecule has 0 aromatic carbocycles. The molecule has 0 radical (unpaired) electrons. The molecule has 9 heavy (non-hydrogen) atoms. The number of ether oxygens (including phenoxy) is 1. The minimum absolute atomic E-state index is 0.325. The van der Waals surface area contributed by atoms with Gasteiger partial charge in [-0.2, -0.15) is 0 Å². The van der Waals surface area contributed by atoms with Crippen LogP contribution in [-0.2, 0) is 9.30 Å².